The number of hydrogen-bond donors (Lipinski definition) is 3. The van der Waals surface area contributed by atoms with Gasteiger partial charge in [0.1, 0.15) is 29.7 Å². The molecule has 220 valence electrons. The molecule has 14 nitrogen and oxygen atoms in total. The van der Waals surface area contributed by atoms with E-state index < -0.39 is 40.8 Å². The van der Waals surface area contributed by atoms with Crippen LogP contribution < -0.4 is 20.7 Å². The van der Waals surface area contributed by atoms with Crippen molar-refractivity contribution in [1.29, 1.82) is 0 Å². The predicted octanol–water partition coefficient (Wildman–Crippen LogP) is -0.0604. The molecule has 2 aliphatic rings. The number of nitrogens with two attached hydrogens (primary N) is 1. The molecule has 0 bridgehead atoms. The summed E-state index contributed by atoms with van der Waals surface area (Å²) < 4.78 is 3.65. The fourth-order valence-electron chi connectivity index (χ4n) is 3.96. The number of β-lactam (4-membered cyclic amide) rings is 1. The first kappa shape index (κ1) is 29.7. The second-order valence-corrected chi connectivity index (χ2v) is 13.9. The quantitative estimate of drug-likeness (QED) is 0.0869. The van der Waals surface area contributed by atoms with Gasteiger partial charge in [0.15, 0.2) is 27.6 Å². The Kier molecular flexibility index (Phi) is 8.15. The number of aryl methyl sites for hydroxylation is 1. The Bertz CT molecular complexity index is 1680. The Morgan fingerprint density at radius 3 is 2.81 bits per heavy atom. The third-order valence-electron chi connectivity index (χ3n) is 6.21. The number of aliphatic carboxylic acids is 2. The summed E-state index contributed by atoms with van der Waals surface area (Å²) in [7, 11) is 1.90. The van der Waals surface area contributed by atoms with Crippen LogP contribution in [0.15, 0.2) is 44.6 Å². The van der Waals surface area contributed by atoms with E-state index in [1.54, 1.807) is 0 Å². The number of thiazole rings is 2. The smallest absolute Gasteiger partial charge is 0.350 e. The van der Waals surface area contributed by atoms with Gasteiger partial charge in [-0.05, 0) is 19.4 Å². The Morgan fingerprint density at radius 2 is 2.14 bits per heavy atom. The first-order valence-electron chi connectivity index (χ1n) is 12.1. The maximum Gasteiger partial charge on any atom is 0.350 e. The molecule has 18 heteroatoms. The maximum absolute atomic E-state index is 13.2. The third kappa shape index (κ3) is 5.79. The van der Waals surface area contributed by atoms with Crippen LogP contribution >= 0.6 is 46.2 Å². The molecular weight excluding hydrogens is 627 g/mol. The second-order valence-electron chi connectivity index (χ2n) is 9.65. The number of amides is 2. The van der Waals surface area contributed by atoms with Crippen LogP contribution in [0, 0.1) is 0 Å². The van der Waals surface area contributed by atoms with E-state index in [4.69, 9.17) is 10.6 Å². The van der Waals surface area contributed by atoms with Crippen LogP contribution in [0.25, 0.3) is 10.2 Å². The molecule has 0 radical (unpaired) electrons. The van der Waals surface area contributed by atoms with Gasteiger partial charge in [-0.2, -0.15) is 0 Å². The number of anilines is 1. The molecule has 2 amide bonds. The van der Waals surface area contributed by atoms with Gasteiger partial charge in [0.2, 0.25) is 5.60 Å². The van der Waals surface area contributed by atoms with E-state index >= 15 is 0 Å². The van der Waals surface area contributed by atoms with Crippen LogP contribution in [0.3, 0.4) is 0 Å². The fraction of sp³-hybridized carbons (Fsp3) is 0.333. The van der Waals surface area contributed by atoms with Crippen LogP contribution in [-0.2, 0) is 31.1 Å². The molecule has 2 atom stereocenters. The standard InChI is InChI=1S/C24H23N7O7S4/c1-24(2,21(36)37)38-29-14(12-9-40-22(25)26-12)17(32)28-15-18(33)31-16(20(34)35)10(7-39-19(15)31)8-41-23-27-11-6-30(3)5-4-13(11)42-23/h4-6,9,15,19H,7-8H2,1-3H3,(H4-,25,26,28,32,34,35,36,37)/b29-14-/t15?,19-/m0/s1. The number of hydrogen-bond acceptors (Lipinski definition) is 14. The minimum absolute atomic E-state index is 0.0225. The maximum atomic E-state index is 13.2. The van der Waals surface area contributed by atoms with Crippen molar-refractivity contribution in [2.75, 3.05) is 17.2 Å². The number of carboxylic acid groups (broad SMARTS) is 2. The number of oxime groups is 1. The number of thioether (sulfide) groups is 2. The third-order valence-corrected chi connectivity index (χ3v) is 10.5. The monoisotopic (exact) mass is 649 g/mol. The minimum atomic E-state index is -1.76. The molecule has 2 aliphatic heterocycles. The number of carbonyl (C=O) groups excluding carboxylic acids is 3. The summed E-state index contributed by atoms with van der Waals surface area (Å²) >= 11 is 5.18. The molecule has 0 aliphatic carbocycles. The lowest BCUT2D eigenvalue weighted by molar-refractivity contribution is -0.670. The Morgan fingerprint density at radius 1 is 1.38 bits per heavy atom. The number of nitrogens with zero attached hydrogens (tertiary/aromatic N) is 5. The molecule has 1 unspecified atom stereocenters. The molecule has 1 fully saturated rings. The molecule has 0 saturated carbocycles. The van der Waals surface area contributed by atoms with Gasteiger partial charge < -0.3 is 30.9 Å². The molecule has 1 saturated heterocycles. The highest BCUT2D eigenvalue weighted by atomic mass is 32.2. The highest BCUT2D eigenvalue weighted by Crippen LogP contribution is 2.42. The van der Waals surface area contributed by atoms with E-state index in [0.717, 1.165) is 30.8 Å². The summed E-state index contributed by atoms with van der Waals surface area (Å²) in [5.41, 5.74) is 4.68. The molecule has 3 aromatic heterocycles. The Labute approximate surface area is 254 Å². The van der Waals surface area contributed by atoms with E-state index in [2.05, 4.69) is 20.4 Å². The van der Waals surface area contributed by atoms with Crippen molar-refractivity contribution >= 4 is 91.0 Å². The van der Waals surface area contributed by atoms with Crippen molar-refractivity contribution in [3.8, 4) is 0 Å². The van der Waals surface area contributed by atoms with Crippen molar-refractivity contribution in [1.82, 2.24) is 20.2 Å². The van der Waals surface area contributed by atoms with Crippen LogP contribution in [0.4, 0.5) is 5.13 Å². The van der Waals surface area contributed by atoms with Gasteiger partial charge in [-0.3, -0.25) is 14.5 Å². The van der Waals surface area contributed by atoms with Crippen molar-refractivity contribution in [2.24, 2.45) is 12.2 Å². The number of carboxylic acids is 2. The van der Waals surface area contributed by atoms with Gasteiger partial charge in [0.25, 0.3) is 11.8 Å². The van der Waals surface area contributed by atoms with Crippen LogP contribution in [0.2, 0.25) is 0 Å². The van der Waals surface area contributed by atoms with Crippen molar-refractivity contribution in [3.63, 3.8) is 0 Å². The summed E-state index contributed by atoms with van der Waals surface area (Å²) in [6.07, 6.45) is 3.81. The first-order valence-corrected chi connectivity index (χ1v) is 15.9. The van der Waals surface area contributed by atoms with E-state index in [9.17, 15) is 29.4 Å². The molecule has 3 aromatic rings. The Hall–Kier alpha value is -3.74. The van der Waals surface area contributed by atoms with Gasteiger partial charge >= 0.3 is 5.97 Å². The molecule has 0 aromatic carbocycles. The molecule has 4 N–H and O–H groups in total. The zero-order valence-electron chi connectivity index (χ0n) is 22.2. The zero-order valence-corrected chi connectivity index (χ0v) is 25.5. The van der Waals surface area contributed by atoms with Gasteiger partial charge in [0.05, 0.1) is 16.4 Å². The lowest BCUT2D eigenvalue weighted by atomic mass is 10.0. The second kappa shape index (κ2) is 11.5. The van der Waals surface area contributed by atoms with Crippen molar-refractivity contribution < 1.29 is 38.8 Å². The topological polar surface area (TPSA) is 204 Å². The fourth-order valence-corrected chi connectivity index (χ4v) is 8.03. The molecule has 0 spiro atoms. The zero-order chi connectivity index (χ0) is 30.3. The van der Waals surface area contributed by atoms with Crippen LogP contribution in [-0.4, -0.2) is 78.0 Å². The summed E-state index contributed by atoms with van der Waals surface area (Å²) in [5.74, 6) is -3.75. The summed E-state index contributed by atoms with van der Waals surface area (Å²) in [5, 5.41) is 28.6. The van der Waals surface area contributed by atoms with Crippen molar-refractivity contribution in [2.45, 2.75) is 35.2 Å². The highest BCUT2D eigenvalue weighted by molar-refractivity contribution is 8.02. The highest BCUT2D eigenvalue weighted by Gasteiger charge is 2.53. The van der Waals surface area contributed by atoms with E-state index in [0.29, 0.717) is 5.57 Å². The normalized spacial score (nSPS) is 19.0. The lowest BCUT2D eigenvalue weighted by Gasteiger charge is -2.50. The molecule has 5 heterocycles. The predicted molar refractivity (Wildman–Crippen MR) is 154 cm³/mol. The Balaban J connectivity index is 1.32. The number of fused-ring (bicyclic) bond motifs is 2. The SMILES string of the molecule is C[n+]1ccc2sc(SCC3=C(C(=O)[O-])N4C(=O)C(NC(=O)/C(=N\OC(C)(C)C(=O)O)c5csc(N)n5)[C@@H]4SC3)nc2c1. The van der Waals surface area contributed by atoms with Gasteiger partial charge in [-0.25, -0.2) is 19.3 Å². The average Bonchev–Trinajstić information content (AvgIpc) is 3.54. The summed E-state index contributed by atoms with van der Waals surface area (Å²) in [6.45, 7) is 2.49. The number of pyridine rings is 1. The number of rotatable bonds is 10. The number of aromatic nitrogens is 3. The minimum Gasteiger partial charge on any atom is -0.543 e. The molecular formula is C24H23N7O7S4. The first-order chi connectivity index (χ1) is 19.9. The average molecular weight is 650 g/mol. The number of nitrogens with one attached hydrogen (secondary N) is 1. The van der Waals surface area contributed by atoms with Crippen LogP contribution in [0.1, 0.15) is 19.5 Å². The van der Waals surface area contributed by atoms with E-state index in [-0.39, 0.29) is 33.7 Å². The van der Waals surface area contributed by atoms with Gasteiger partial charge in [-0.15, -0.1) is 34.4 Å². The van der Waals surface area contributed by atoms with Gasteiger partial charge in [-0.1, -0.05) is 16.9 Å². The largest absolute Gasteiger partial charge is 0.543 e. The van der Waals surface area contributed by atoms with E-state index in [1.807, 2.05) is 30.1 Å². The van der Waals surface area contributed by atoms with Crippen molar-refractivity contribution in [3.05, 3.63) is 40.8 Å². The number of nitrogen functional groups attached to an aromatic ring is 1. The van der Waals surface area contributed by atoms with Crippen LogP contribution in [0.5, 0.6) is 0 Å². The summed E-state index contributed by atoms with van der Waals surface area (Å²) in [4.78, 5) is 64.8. The summed E-state index contributed by atoms with van der Waals surface area (Å²) in [6, 6.07) is 0.875. The molecule has 5 rings (SSSR count). The van der Waals surface area contributed by atoms with Gasteiger partial charge in [0, 0.05) is 23.0 Å². The van der Waals surface area contributed by atoms with E-state index in [1.165, 1.54) is 54.1 Å². The molecule has 42 heavy (non-hydrogen) atoms. The number of carbonyl (C=O) groups is 4. The lowest BCUT2D eigenvalue weighted by Crippen LogP contribution is -2.71.